The third-order valence-electron chi connectivity index (χ3n) is 2.33. The van der Waals surface area contributed by atoms with Gasteiger partial charge in [0.2, 0.25) is 0 Å². The lowest BCUT2D eigenvalue weighted by Crippen LogP contribution is -2.17. The Balaban J connectivity index is 2.41. The summed E-state index contributed by atoms with van der Waals surface area (Å²) in [5.41, 5.74) is 1.01. The first-order valence-electron chi connectivity index (χ1n) is 5.09. The molecule has 1 N–H and O–H groups in total. The summed E-state index contributed by atoms with van der Waals surface area (Å²) in [7, 11) is 0. The first-order valence-corrected chi connectivity index (χ1v) is 5.09. The second-order valence-corrected chi connectivity index (χ2v) is 3.40. The van der Waals surface area contributed by atoms with Crippen LogP contribution >= 0.6 is 0 Å². The van der Waals surface area contributed by atoms with Crippen LogP contribution in [0.1, 0.15) is 17.4 Å². The van der Waals surface area contributed by atoms with Gasteiger partial charge in [0, 0.05) is 12.1 Å². The van der Waals surface area contributed by atoms with Crippen molar-refractivity contribution in [2.75, 3.05) is 6.61 Å². The average molecular weight is 237 g/mol. The average Bonchev–Trinajstić information content (AvgIpc) is 2.80. The Kier molecular flexibility index (Phi) is 2.86. The maximum atomic E-state index is 11.4. The van der Waals surface area contributed by atoms with Gasteiger partial charge in [-0.3, -0.25) is 4.79 Å². The first-order chi connectivity index (χ1) is 8.13. The number of carbonyl (C=O) groups is 2. The number of carboxylic acids is 1. The molecule has 0 amide bonds. The Bertz CT molecular complexity index is 565. The second kappa shape index (κ2) is 4.32. The standard InChI is InChI=1S/C11H11NO5/c1-2-16-10(13)6-12-7-3-4-17-9(7)5-8(12)11(14)15/h3-5H,2,6H2,1H3,(H,14,15). The first kappa shape index (κ1) is 11.3. The van der Waals surface area contributed by atoms with Crippen molar-refractivity contribution in [3.05, 3.63) is 24.1 Å². The van der Waals surface area contributed by atoms with Gasteiger partial charge in [-0.2, -0.15) is 0 Å². The molecule has 0 atom stereocenters. The molecule has 0 aliphatic rings. The molecule has 6 heteroatoms. The molecular weight excluding hydrogens is 226 g/mol. The van der Waals surface area contributed by atoms with Crippen LogP contribution in [0, 0.1) is 0 Å². The predicted octanol–water partition coefficient (Wildman–Crippen LogP) is 1.50. The van der Waals surface area contributed by atoms with Crippen molar-refractivity contribution >= 4 is 23.0 Å². The molecule has 0 aromatic carbocycles. The van der Waals surface area contributed by atoms with Crippen molar-refractivity contribution in [1.82, 2.24) is 4.57 Å². The Hall–Kier alpha value is -2.24. The molecular formula is C11H11NO5. The number of esters is 1. The van der Waals surface area contributed by atoms with E-state index in [0.717, 1.165) is 0 Å². The number of hydrogen-bond donors (Lipinski definition) is 1. The van der Waals surface area contributed by atoms with Crippen LogP contribution in [0.2, 0.25) is 0 Å². The molecule has 0 fully saturated rings. The Morgan fingerprint density at radius 2 is 2.29 bits per heavy atom. The minimum atomic E-state index is -1.11. The summed E-state index contributed by atoms with van der Waals surface area (Å²) in [6.45, 7) is 1.81. The van der Waals surface area contributed by atoms with E-state index < -0.39 is 11.9 Å². The van der Waals surface area contributed by atoms with E-state index >= 15 is 0 Å². The number of furan rings is 1. The van der Waals surface area contributed by atoms with Gasteiger partial charge in [-0.25, -0.2) is 4.79 Å². The number of carbonyl (C=O) groups excluding carboxylic acids is 1. The molecule has 0 unspecified atom stereocenters. The Morgan fingerprint density at radius 3 is 2.94 bits per heavy atom. The molecule has 0 aliphatic carbocycles. The van der Waals surface area contributed by atoms with Gasteiger partial charge in [0.15, 0.2) is 5.58 Å². The van der Waals surface area contributed by atoms with Crippen molar-refractivity contribution < 1.29 is 23.8 Å². The zero-order valence-electron chi connectivity index (χ0n) is 9.17. The van der Waals surface area contributed by atoms with Gasteiger partial charge in [-0.05, 0) is 6.92 Å². The second-order valence-electron chi connectivity index (χ2n) is 3.40. The Morgan fingerprint density at radius 1 is 1.53 bits per heavy atom. The maximum absolute atomic E-state index is 11.4. The van der Waals surface area contributed by atoms with Crippen LogP contribution in [-0.2, 0) is 16.1 Å². The number of carboxylic acid groups (broad SMARTS) is 1. The minimum absolute atomic E-state index is 0.00685. The summed E-state index contributed by atoms with van der Waals surface area (Å²) in [6, 6.07) is 3.00. The lowest BCUT2D eigenvalue weighted by Gasteiger charge is -2.06. The van der Waals surface area contributed by atoms with Gasteiger partial charge in [0.25, 0.3) is 0 Å². The fourth-order valence-electron chi connectivity index (χ4n) is 1.66. The topological polar surface area (TPSA) is 81.7 Å². The molecule has 0 saturated heterocycles. The summed E-state index contributed by atoms with van der Waals surface area (Å²) >= 11 is 0. The third kappa shape index (κ3) is 2.01. The molecule has 0 saturated carbocycles. The van der Waals surface area contributed by atoms with Crippen LogP contribution in [-0.4, -0.2) is 28.2 Å². The molecule has 2 heterocycles. The van der Waals surface area contributed by atoms with E-state index in [1.165, 1.54) is 16.9 Å². The van der Waals surface area contributed by atoms with Crippen molar-refractivity contribution in [2.45, 2.75) is 13.5 Å². The van der Waals surface area contributed by atoms with Gasteiger partial charge in [0.05, 0.1) is 18.4 Å². The highest BCUT2D eigenvalue weighted by Crippen LogP contribution is 2.21. The highest BCUT2D eigenvalue weighted by atomic mass is 16.5. The molecule has 0 spiro atoms. The molecule has 90 valence electrons. The highest BCUT2D eigenvalue weighted by Gasteiger charge is 2.18. The number of ether oxygens (including phenoxy) is 1. The van der Waals surface area contributed by atoms with E-state index in [4.69, 9.17) is 14.3 Å². The lowest BCUT2D eigenvalue weighted by molar-refractivity contribution is -0.143. The van der Waals surface area contributed by atoms with Crippen LogP contribution in [0.5, 0.6) is 0 Å². The minimum Gasteiger partial charge on any atom is -0.477 e. The summed E-state index contributed by atoms with van der Waals surface area (Å²) in [6.07, 6.45) is 1.44. The molecule has 6 nitrogen and oxygen atoms in total. The number of fused-ring (bicyclic) bond motifs is 1. The molecule has 2 aromatic heterocycles. The molecule has 2 rings (SSSR count). The smallest absolute Gasteiger partial charge is 0.352 e. The zero-order chi connectivity index (χ0) is 12.4. The van der Waals surface area contributed by atoms with Crippen molar-refractivity contribution in [1.29, 1.82) is 0 Å². The number of hydrogen-bond acceptors (Lipinski definition) is 4. The van der Waals surface area contributed by atoms with Crippen LogP contribution in [0.3, 0.4) is 0 Å². The number of nitrogens with zero attached hydrogens (tertiary/aromatic N) is 1. The van der Waals surface area contributed by atoms with Gasteiger partial charge in [0.1, 0.15) is 12.2 Å². The normalized spacial score (nSPS) is 10.6. The maximum Gasteiger partial charge on any atom is 0.352 e. The van der Waals surface area contributed by atoms with E-state index in [1.54, 1.807) is 13.0 Å². The molecule has 0 aliphatic heterocycles. The van der Waals surface area contributed by atoms with Crippen LogP contribution in [0.4, 0.5) is 0 Å². The lowest BCUT2D eigenvalue weighted by atomic mass is 10.4. The van der Waals surface area contributed by atoms with Gasteiger partial charge < -0.3 is 18.8 Å². The van der Waals surface area contributed by atoms with Crippen molar-refractivity contribution in [2.24, 2.45) is 0 Å². The Labute approximate surface area is 96.4 Å². The summed E-state index contributed by atoms with van der Waals surface area (Å²) in [4.78, 5) is 22.4. The SMILES string of the molecule is CCOC(=O)Cn1c(C(=O)O)cc2occc21. The van der Waals surface area contributed by atoms with E-state index in [2.05, 4.69) is 0 Å². The fourth-order valence-corrected chi connectivity index (χ4v) is 1.66. The van der Waals surface area contributed by atoms with Gasteiger partial charge in [-0.1, -0.05) is 0 Å². The monoisotopic (exact) mass is 237 g/mol. The number of aromatic carboxylic acids is 1. The highest BCUT2D eigenvalue weighted by molar-refractivity contribution is 5.93. The zero-order valence-corrected chi connectivity index (χ0v) is 9.17. The van der Waals surface area contributed by atoms with E-state index in [0.29, 0.717) is 11.1 Å². The third-order valence-corrected chi connectivity index (χ3v) is 2.33. The van der Waals surface area contributed by atoms with Crippen LogP contribution < -0.4 is 0 Å². The fraction of sp³-hybridized carbons (Fsp3) is 0.273. The summed E-state index contributed by atoms with van der Waals surface area (Å²) in [5, 5.41) is 9.01. The summed E-state index contributed by atoms with van der Waals surface area (Å²) in [5.74, 6) is -1.59. The van der Waals surface area contributed by atoms with Crippen LogP contribution in [0.15, 0.2) is 22.8 Å². The van der Waals surface area contributed by atoms with Gasteiger partial charge >= 0.3 is 11.9 Å². The number of aromatic nitrogens is 1. The molecule has 0 radical (unpaired) electrons. The van der Waals surface area contributed by atoms with Gasteiger partial charge in [-0.15, -0.1) is 0 Å². The summed E-state index contributed by atoms with van der Waals surface area (Å²) < 4.78 is 11.2. The molecule has 2 aromatic rings. The largest absolute Gasteiger partial charge is 0.477 e. The predicted molar refractivity (Wildman–Crippen MR) is 57.8 cm³/mol. The van der Waals surface area contributed by atoms with E-state index in [1.807, 2.05) is 0 Å². The van der Waals surface area contributed by atoms with Crippen molar-refractivity contribution in [3.63, 3.8) is 0 Å². The number of rotatable bonds is 4. The molecule has 17 heavy (non-hydrogen) atoms. The van der Waals surface area contributed by atoms with E-state index in [-0.39, 0.29) is 18.8 Å². The van der Waals surface area contributed by atoms with E-state index in [9.17, 15) is 9.59 Å². The van der Waals surface area contributed by atoms with Crippen molar-refractivity contribution in [3.8, 4) is 0 Å². The van der Waals surface area contributed by atoms with Crippen LogP contribution in [0.25, 0.3) is 11.1 Å². The molecule has 0 bridgehead atoms. The quantitative estimate of drug-likeness (QED) is 0.815.